The fourth-order valence-corrected chi connectivity index (χ4v) is 1.68. The molecule has 2 aromatic carbocycles. The maximum atomic E-state index is 10.5. The summed E-state index contributed by atoms with van der Waals surface area (Å²) in [5, 5.41) is 10.9. The number of rotatable bonds is 5. The molecular formula is C14H15NO3. The van der Waals surface area contributed by atoms with Gasteiger partial charge in [0.2, 0.25) is 0 Å². The quantitative estimate of drug-likeness (QED) is 0.845. The Morgan fingerprint density at radius 2 is 1.94 bits per heavy atom. The lowest BCUT2D eigenvalue weighted by Gasteiger charge is -2.09. The number of fused-ring (bicyclic) bond motifs is 1. The van der Waals surface area contributed by atoms with Crippen molar-refractivity contribution in [1.29, 1.82) is 0 Å². The van der Waals surface area contributed by atoms with Crippen molar-refractivity contribution in [1.82, 2.24) is 0 Å². The molecule has 0 aromatic heterocycles. The molecule has 1 atom stereocenters. The van der Waals surface area contributed by atoms with Crippen molar-refractivity contribution >= 4 is 16.7 Å². The van der Waals surface area contributed by atoms with Gasteiger partial charge in [-0.05, 0) is 22.9 Å². The molecule has 0 saturated heterocycles. The van der Waals surface area contributed by atoms with E-state index in [1.807, 2.05) is 42.5 Å². The zero-order valence-corrected chi connectivity index (χ0v) is 9.87. The van der Waals surface area contributed by atoms with Crippen LogP contribution < -0.4 is 10.5 Å². The number of carboxylic acid groups (broad SMARTS) is 1. The summed E-state index contributed by atoms with van der Waals surface area (Å²) >= 11 is 0. The van der Waals surface area contributed by atoms with Crippen molar-refractivity contribution in [2.45, 2.75) is 12.5 Å². The van der Waals surface area contributed by atoms with Crippen molar-refractivity contribution in [3.63, 3.8) is 0 Å². The summed E-state index contributed by atoms with van der Waals surface area (Å²) < 4.78 is 5.49. The topological polar surface area (TPSA) is 72.5 Å². The van der Waals surface area contributed by atoms with Gasteiger partial charge in [0, 0.05) is 6.42 Å². The highest BCUT2D eigenvalue weighted by atomic mass is 16.5. The summed E-state index contributed by atoms with van der Waals surface area (Å²) in [6.45, 7) is 0.297. The molecule has 0 spiro atoms. The van der Waals surface area contributed by atoms with Gasteiger partial charge >= 0.3 is 5.97 Å². The van der Waals surface area contributed by atoms with Gasteiger partial charge in [0.1, 0.15) is 11.8 Å². The van der Waals surface area contributed by atoms with E-state index in [1.54, 1.807) is 0 Å². The molecule has 2 rings (SSSR count). The molecule has 0 aliphatic rings. The smallest absolute Gasteiger partial charge is 0.320 e. The fraction of sp³-hybridized carbons (Fsp3) is 0.214. The first-order valence-electron chi connectivity index (χ1n) is 5.77. The van der Waals surface area contributed by atoms with Crippen LogP contribution in [-0.4, -0.2) is 23.7 Å². The number of carboxylic acids is 1. The molecule has 0 fully saturated rings. The molecule has 0 aliphatic carbocycles. The number of hydrogen-bond acceptors (Lipinski definition) is 3. The molecule has 0 radical (unpaired) electrons. The average Bonchev–Trinajstić information content (AvgIpc) is 2.38. The van der Waals surface area contributed by atoms with Gasteiger partial charge in [-0.3, -0.25) is 4.79 Å². The highest BCUT2D eigenvalue weighted by molar-refractivity contribution is 5.83. The third-order valence-corrected chi connectivity index (χ3v) is 2.74. The molecule has 18 heavy (non-hydrogen) atoms. The van der Waals surface area contributed by atoms with Crippen LogP contribution in [0.3, 0.4) is 0 Å². The molecule has 3 N–H and O–H groups in total. The molecule has 4 heteroatoms. The van der Waals surface area contributed by atoms with Gasteiger partial charge in [-0.15, -0.1) is 0 Å². The van der Waals surface area contributed by atoms with Crippen molar-refractivity contribution in [2.24, 2.45) is 5.73 Å². The van der Waals surface area contributed by atoms with Crippen LogP contribution in [0.15, 0.2) is 42.5 Å². The minimum absolute atomic E-state index is 0.294. The predicted molar refractivity (Wildman–Crippen MR) is 69.7 cm³/mol. The summed E-state index contributed by atoms with van der Waals surface area (Å²) in [7, 11) is 0. The molecule has 2 aromatic rings. The van der Waals surface area contributed by atoms with E-state index in [-0.39, 0.29) is 0 Å². The molecule has 0 amide bonds. The fourth-order valence-electron chi connectivity index (χ4n) is 1.68. The first-order valence-corrected chi connectivity index (χ1v) is 5.77. The summed E-state index contributed by atoms with van der Waals surface area (Å²) in [5.41, 5.74) is 5.39. The monoisotopic (exact) mass is 245 g/mol. The largest absolute Gasteiger partial charge is 0.493 e. The number of nitrogens with two attached hydrogens (primary N) is 1. The Kier molecular flexibility index (Phi) is 3.79. The zero-order chi connectivity index (χ0) is 13.0. The lowest BCUT2D eigenvalue weighted by atomic mass is 10.1. The van der Waals surface area contributed by atoms with Crippen molar-refractivity contribution in [2.75, 3.05) is 6.61 Å². The maximum absolute atomic E-state index is 10.5. The normalized spacial score (nSPS) is 12.3. The first-order chi connectivity index (χ1) is 8.66. The van der Waals surface area contributed by atoms with E-state index in [0.29, 0.717) is 13.0 Å². The number of carbonyl (C=O) groups is 1. The van der Waals surface area contributed by atoms with Gasteiger partial charge in [-0.1, -0.05) is 30.3 Å². The van der Waals surface area contributed by atoms with Gasteiger partial charge < -0.3 is 15.6 Å². The highest BCUT2D eigenvalue weighted by Crippen LogP contribution is 2.20. The second-order valence-electron chi connectivity index (χ2n) is 4.09. The second kappa shape index (κ2) is 5.51. The van der Waals surface area contributed by atoms with Crippen LogP contribution in [0.2, 0.25) is 0 Å². The molecule has 0 heterocycles. The number of aliphatic carboxylic acids is 1. The molecule has 0 bridgehead atoms. The van der Waals surface area contributed by atoms with Crippen molar-refractivity contribution < 1.29 is 14.6 Å². The lowest BCUT2D eigenvalue weighted by molar-refractivity contribution is -0.138. The van der Waals surface area contributed by atoms with Gasteiger partial charge in [0.05, 0.1) is 6.61 Å². The van der Waals surface area contributed by atoms with Crippen LogP contribution >= 0.6 is 0 Å². The van der Waals surface area contributed by atoms with Gasteiger partial charge in [0.25, 0.3) is 0 Å². The maximum Gasteiger partial charge on any atom is 0.320 e. The van der Waals surface area contributed by atoms with Crippen molar-refractivity contribution in [3.05, 3.63) is 42.5 Å². The Balaban J connectivity index is 1.98. The Hall–Kier alpha value is -2.07. The summed E-state index contributed by atoms with van der Waals surface area (Å²) in [5.74, 6) is -0.275. The number of hydrogen-bond donors (Lipinski definition) is 2. The first kappa shape index (κ1) is 12.4. The van der Waals surface area contributed by atoms with Crippen LogP contribution in [0.5, 0.6) is 5.75 Å². The van der Waals surface area contributed by atoms with E-state index in [0.717, 1.165) is 16.5 Å². The van der Waals surface area contributed by atoms with E-state index in [2.05, 4.69) is 0 Å². The SMILES string of the molecule is NC(CCOc1ccc2ccccc2c1)C(=O)O. The van der Waals surface area contributed by atoms with E-state index in [1.165, 1.54) is 0 Å². The summed E-state index contributed by atoms with van der Waals surface area (Å²) in [6.07, 6.45) is 0.294. The van der Waals surface area contributed by atoms with Gasteiger partial charge in [0.15, 0.2) is 0 Å². The van der Waals surface area contributed by atoms with Crippen LogP contribution in [0.4, 0.5) is 0 Å². The van der Waals surface area contributed by atoms with E-state index >= 15 is 0 Å². The Morgan fingerprint density at radius 1 is 1.22 bits per heavy atom. The standard InChI is InChI=1S/C14H15NO3/c15-13(14(16)17)7-8-18-12-6-5-10-3-1-2-4-11(10)9-12/h1-6,9,13H,7-8,15H2,(H,16,17). The van der Waals surface area contributed by atoms with Crippen LogP contribution in [0, 0.1) is 0 Å². The van der Waals surface area contributed by atoms with Crippen LogP contribution in [0.1, 0.15) is 6.42 Å². The third-order valence-electron chi connectivity index (χ3n) is 2.74. The number of benzene rings is 2. The third kappa shape index (κ3) is 2.99. The van der Waals surface area contributed by atoms with E-state index in [9.17, 15) is 4.79 Å². The minimum atomic E-state index is -1.00. The average molecular weight is 245 g/mol. The molecular weight excluding hydrogens is 230 g/mol. The Morgan fingerprint density at radius 3 is 2.67 bits per heavy atom. The molecule has 0 aliphatic heterocycles. The van der Waals surface area contributed by atoms with Gasteiger partial charge in [-0.2, -0.15) is 0 Å². The summed E-state index contributed by atoms with van der Waals surface area (Å²) in [6, 6.07) is 12.9. The zero-order valence-electron chi connectivity index (χ0n) is 9.87. The van der Waals surface area contributed by atoms with Crippen LogP contribution in [-0.2, 0) is 4.79 Å². The predicted octanol–water partition coefficient (Wildman–Crippen LogP) is 2.02. The lowest BCUT2D eigenvalue weighted by Crippen LogP contribution is -2.31. The molecule has 1 unspecified atom stereocenters. The van der Waals surface area contributed by atoms with E-state index < -0.39 is 12.0 Å². The Labute approximate surface area is 105 Å². The van der Waals surface area contributed by atoms with Crippen LogP contribution in [0.25, 0.3) is 10.8 Å². The second-order valence-corrected chi connectivity index (χ2v) is 4.09. The van der Waals surface area contributed by atoms with E-state index in [4.69, 9.17) is 15.6 Å². The van der Waals surface area contributed by atoms with Gasteiger partial charge in [-0.25, -0.2) is 0 Å². The molecule has 4 nitrogen and oxygen atoms in total. The number of ether oxygens (including phenoxy) is 1. The van der Waals surface area contributed by atoms with Crippen molar-refractivity contribution in [3.8, 4) is 5.75 Å². The Bertz CT molecular complexity index is 553. The minimum Gasteiger partial charge on any atom is -0.493 e. The molecule has 94 valence electrons. The molecule has 0 saturated carbocycles. The highest BCUT2D eigenvalue weighted by Gasteiger charge is 2.10. The summed E-state index contributed by atoms with van der Waals surface area (Å²) in [4.78, 5) is 10.5.